The molecule has 12 heteroatoms. The molecule has 9 nitrogen and oxygen atoms in total. The molecule has 0 amide bonds. The standard InChI is InChI=1S/C20H26F3N7O2/c1-11-9-13(27-16-12(2)15(24)25-10-26-16)18(32)30-14(11)17(31)28-19(30)3-6-29(7-4-19)8-5-20(21,22)23/h9-10,17,28,31H,3-8H2,1-2H3,(H3,24,25,26,27). The minimum atomic E-state index is -4.21. The molecular formula is C20H26F3N7O2. The Bertz CT molecular complexity index is 1080. The molecule has 5 N–H and O–H groups in total. The second kappa shape index (κ2) is 8.01. The third-order valence-corrected chi connectivity index (χ3v) is 6.30. The van der Waals surface area contributed by atoms with Crippen molar-refractivity contribution in [3.8, 4) is 0 Å². The molecule has 2 aliphatic rings. The van der Waals surface area contributed by atoms with Crippen molar-refractivity contribution >= 4 is 17.3 Å². The van der Waals surface area contributed by atoms with Gasteiger partial charge in [0.1, 0.15) is 35.5 Å². The molecule has 2 aromatic rings. The Kier molecular flexibility index (Phi) is 5.63. The number of alkyl halides is 3. The van der Waals surface area contributed by atoms with Gasteiger partial charge in [0.05, 0.1) is 12.1 Å². The maximum Gasteiger partial charge on any atom is 0.390 e. The van der Waals surface area contributed by atoms with E-state index in [1.54, 1.807) is 29.4 Å². The molecule has 2 aliphatic heterocycles. The summed E-state index contributed by atoms with van der Waals surface area (Å²) in [5, 5.41) is 16.8. The molecule has 32 heavy (non-hydrogen) atoms. The number of halogens is 3. The molecule has 1 spiro atoms. The number of nitrogen functional groups attached to an aromatic ring is 1. The van der Waals surface area contributed by atoms with Crippen LogP contribution in [0.4, 0.5) is 30.5 Å². The lowest BCUT2D eigenvalue weighted by atomic mass is 9.96. The SMILES string of the molecule is Cc1cc(Nc2ncnc(N)c2C)c(=O)n2c1C(O)NC21CCN(CCC(F)(F)F)CC1. The van der Waals surface area contributed by atoms with E-state index in [4.69, 9.17) is 5.73 Å². The number of piperidine rings is 1. The Morgan fingerprint density at radius 2 is 2.00 bits per heavy atom. The van der Waals surface area contributed by atoms with E-state index in [9.17, 15) is 23.1 Å². The lowest BCUT2D eigenvalue weighted by Gasteiger charge is -2.41. The largest absolute Gasteiger partial charge is 0.390 e. The first kappa shape index (κ1) is 22.5. The van der Waals surface area contributed by atoms with Gasteiger partial charge in [0, 0.05) is 25.2 Å². The summed E-state index contributed by atoms with van der Waals surface area (Å²) in [5.74, 6) is 0.692. The lowest BCUT2D eigenvalue weighted by Crippen LogP contribution is -2.54. The Labute approximate surface area is 182 Å². The number of hydrogen-bond acceptors (Lipinski definition) is 8. The second-order valence-electron chi connectivity index (χ2n) is 8.41. The van der Waals surface area contributed by atoms with Crippen LogP contribution in [-0.4, -0.2) is 50.4 Å². The van der Waals surface area contributed by atoms with Gasteiger partial charge in [-0.05, 0) is 38.3 Å². The van der Waals surface area contributed by atoms with Crippen LogP contribution in [0.25, 0.3) is 0 Å². The Morgan fingerprint density at radius 1 is 1.31 bits per heavy atom. The van der Waals surface area contributed by atoms with Crippen LogP contribution in [0.5, 0.6) is 0 Å². The number of rotatable bonds is 4. The van der Waals surface area contributed by atoms with Gasteiger partial charge in [-0.3, -0.25) is 14.7 Å². The zero-order valence-electron chi connectivity index (χ0n) is 17.8. The van der Waals surface area contributed by atoms with Crippen molar-refractivity contribution in [1.82, 2.24) is 24.8 Å². The fourth-order valence-corrected chi connectivity index (χ4v) is 4.51. The van der Waals surface area contributed by atoms with Crippen LogP contribution in [0, 0.1) is 13.8 Å². The van der Waals surface area contributed by atoms with E-state index in [-0.39, 0.29) is 17.8 Å². The maximum atomic E-state index is 13.5. The fraction of sp³-hybridized carbons (Fsp3) is 0.550. The molecule has 0 bridgehead atoms. The van der Waals surface area contributed by atoms with Gasteiger partial charge in [0.2, 0.25) is 0 Å². The van der Waals surface area contributed by atoms with Crippen molar-refractivity contribution in [2.75, 3.05) is 30.7 Å². The molecular weight excluding hydrogens is 427 g/mol. The molecule has 4 rings (SSSR count). The topological polar surface area (TPSA) is 121 Å². The van der Waals surface area contributed by atoms with Crippen LogP contribution < -0.4 is 21.9 Å². The highest BCUT2D eigenvalue weighted by atomic mass is 19.4. The first-order valence-corrected chi connectivity index (χ1v) is 10.4. The molecule has 1 saturated heterocycles. The molecule has 1 fully saturated rings. The number of aliphatic hydroxyl groups excluding tert-OH is 1. The van der Waals surface area contributed by atoms with E-state index < -0.39 is 24.5 Å². The molecule has 1 atom stereocenters. The summed E-state index contributed by atoms with van der Waals surface area (Å²) >= 11 is 0. The van der Waals surface area contributed by atoms with E-state index in [0.29, 0.717) is 54.4 Å². The van der Waals surface area contributed by atoms with Gasteiger partial charge in [-0.1, -0.05) is 0 Å². The number of fused-ring (bicyclic) bond motifs is 2. The summed E-state index contributed by atoms with van der Waals surface area (Å²) < 4.78 is 39.3. The van der Waals surface area contributed by atoms with Crippen molar-refractivity contribution in [2.45, 2.75) is 51.2 Å². The molecule has 4 heterocycles. The predicted octanol–water partition coefficient (Wildman–Crippen LogP) is 1.88. The highest BCUT2D eigenvalue weighted by molar-refractivity contribution is 5.63. The third kappa shape index (κ3) is 4.05. The quantitative estimate of drug-likeness (QED) is 0.554. The van der Waals surface area contributed by atoms with Crippen LogP contribution in [0.15, 0.2) is 17.2 Å². The van der Waals surface area contributed by atoms with Crippen LogP contribution in [0.3, 0.4) is 0 Å². The number of aryl methyl sites for hydroxylation is 1. The van der Waals surface area contributed by atoms with Gasteiger partial charge >= 0.3 is 6.18 Å². The highest BCUT2D eigenvalue weighted by Crippen LogP contribution is 2.38. The number of likely N-dealkylation sites (tertiary alicyclic amines) is 1. The van der Waals surface area contributed by atoms with Crippen molar-refractivity contribution in [1.29, 1.82) is 0 Å². The van der Waals surface area contributed by atoms with Gasteiger partial charge in [-0.2, -0.15) is 13.2 Å². The first-order valence-electron chi connectivity index (χ1n) is 10.4. The average Bonchev–Trinajstić information content (AvgIpc) is 3.00. The van der Waals surface area contributed by atoms with Gasteiger partial charge in [-0.15, -0.1) is 0 Å². The Balaban J connectivity index is 1.64. The number of aromatic nitrogens is 3. The minimum Gasteiger partial charge on any atom is -0.383 e. The molecule has 2 aromatic heterocycles. The van der Waals surface area contributed by atoms with E-state index in [1.165, 1.54) is 6.33 Å². The fourth-order valence-electron chi connectivity index (χ4n) is 4.51. The predicted molar refractivity (Wildman–Crippen MR) is 112 cm³/mol. The van der Waals surface area contributed by atoms with Gasteiger partial charge in [0.15, 0.2) is 0 Å². The maximum absolute atomic E-state index is 13.5. The van der Waals surface area contributed by atoms with Crippen LogP contribution in [0.2, 0.25) is 0 Å². The van der Waals surface area contributed by atoms with Gasteiger partial charge in [0.25, 0.3) is 5.56 Å². The summed E-state index contributed by atoms with van der Waals surface area (Å²) in [6, 6.07) is 1.65. The zero-order chi connectivity index (χ0) is 23.3. The van der Waals surface area contributed by atoms with Gasteiger partial charge < -0.3 is 21.1 Å². The highest BCUT2D eigenvalue weighted by Gasteiger charge is 2.46. The smallest absolute Gasteiger partial charge is 0.383 e. The van der Waals surface area contributed by atoms with Crippen LogP contribution in [0.1, 0.15) is 42.3 Å². The first-order chi connectivity index (χ1) is 15.0. The Hall–Kier alpha value is -2.70. The molecule has 174 valence electrons. The van der Waals surface area contributed by atoms with Crippen molar-refractivity contribution in [3.05, 3.63) is 39.6 Å². The van der Waals surface area contributed by atoms with Crippen molar-refractivity contribution in [3.63, 3.8) is 0 Å². The van der Waals surface area contributed by atoms with E-state index in [2.05, 4.69) is 20.6 Å². The third-order valence-electron chi connectivity index (χ3n) is 6.30. The van der Waals surface area contributed by atoms with E-state index in [0.717, 1.165) is 0 Å². The number of nitrogens with one attached hydrogen (secondary N) is 2. The molecule has 0 saturated carbocycles. The number of pyridine rings is 1. The Morgan fingerprint density at radius 3 is 2.66 bits per heavy atom. The summed E-state index contributed by atoms with van der Waals surface area (Å²) in [6.45, 7) is 4.19. The summed E-state index contributed by atoms with van der Waals surface area (Å²) in [6.07, 6.45) is -4.06. The van der Waals surface area contributed by atoms with E-state index in [1.807, 2.05) is 0 Å². The number of anilines is 3. The van der Waals surface area contributed by atoms with Crippen molar-refractivity contribution in [2.24, 2.45) is 0 Å². The summed E-state index contributed by atoms with van der Waals surface area (Å²) in [4.78, 5) is 23.3. The average molecular weight is 453 g/mol. The molecule has 0 aliphatic carbocycles. The lowest BCUT2D eigenvalue weighted by molar-refractivity contribution is -0.139. The van der Waals surface area contributed by atoms with E-state index >= 15 is 0 Å². The molecule has 0 radical (unpaired) electrons. The summed E-state index contributed by atoms with van der Waals surface area (Å²) in [7, 11) is 0. The summed E-state index contributed by atoms with van der Waals surface area (Å²) in [5.41, 5.74) is 6.63. The van der Waals surface area contributed by atoms with Crippen molar-refractivity contribution < 1.29 is 18.3 Å². The molecule has 1 unspecified atom stereocenters. The van der Waals surface area contributed by atoms with Gasteiger partial charge in [-0.25, -0.2) is 9.97 Å². The van der Waals surface area contributed by atoms with Crippen LogP contribution in [-0.2, 0) is 5.66 Å². The monoisotopic (exact) mass is 453 g/mol. The number of nitrogens with zero attached hydrogens (tertiary/aromatic N) is 4. The normalized spacial score (nSPS) is 20.5. The number of hydrogen-bond donors (Lipinski definition) is 4. The number of nitrogens with two attached hydrogens (primary N) is 1. The van der Waals surface area contributed by atoms with Crippen LogP contribution >= 0.6 is 0 Å². The second-order valence-corrected chi connectivity index (χ2v) is 8.41. The minimum absolute atomic E-state index is 0.0844. The molecule has 0 aromatic carbocycles. The zero-order valence-corrected chi connectivity index (χ0v) is 17.8. The number of aliphatic hydroxyl groups is 1.